The third-order valence-electron chi connectivity index (χ3n) is 4.18. The van der Waals surface area contributed by atoms with E-state index in [2.05, 4.69) is 10.3 Å². The summed E-state index contributed by atoms with van der Waals surface area (Å²) in [5, 5.41) is 11.7. The van der Waals surface area contributed by atoms with Crippen LogP contribution in [0.3, 0.4) is 0 Å². The molecule has 2 N–H and O–H groups in total. The van der Waals surface area contributed by atoms with Gasteiger partial charge in [-0.2, -0.15) is 0 Å². The van der Waals surface area contributed by atoms with Crippen LogP contribution < -0.4 is 10.1 Å². The third-order valence-corrected chi connectivity index (χ3v) is 5.27. The summed E-state index contributed by atoms with van der Waals surface area (Å²) in [6.07, 6.45) is 5.53. The summed E-state index contributed by atoms with van der Waals surface area (Å²) in [7, 11) is -3.64. The molecule has 0 aliphatic heterocycles. The number of pyridine rings is 1. The normalized spacial score (nSPS) is 14.3. The topological polar surface area (TPSA) is 123 Å². The molecule has 0 unspecified atom stereocenters. The minimum atomic E-state index is -3.64. The van der Waals surface area contributed by atoms with Gasteiger partial charge in [-0.1, -0.05) is 0 Å². The van der Waals surface area contributed by atoms with Crippen molar-refractivity contribution in [3.63, 3.8) is 0 Å². The number of sulfone groups is 1. The Balaban J connectivity index is 1.84. The molecule has 1 amide bonds. The predicted octanol–water partition coefficient (Wildman–Crippen LogP) is 2.37. The number of ether oxygens (including phenoxy) is 1. The fourth-order valence-corrected chi connectivity index (χ4v) is 3.17. The van der Waals surface area contributed by atoms with Crippen LogP contribution in [0.1, 0.15) is 40.0 Å². The number of carboxylic acids is 1. The van der Waals surface area contributed by atoms with E-state index in [-0.39, 0.29) is 27.8 Å². The Morgan fingerprint density at radius 2 is 1.93 bits per heavy atom. The minimum Gasteiger partial charge on any atom is -0.478 e. The standard InChI is InChI=1S/C18H18N2O6S/c1-27(24,25)15-8-12(18(22)23)7-13(10-15)20-17(21)11-5-6-19-16(9-11)26-14-3-2-4-14/h5-10,14H,2-4H2,1H3,(H,20,21)(H,22,23). The van der Waals surface area contributed by atoms with Gasteiger partial charge in [0.1, 0.15) is 6.10 Å². The molecule has 0 spiro atoms. The number of aromatic nitrogens is 1. The fourth-order valence-electron chi connectivity index (χ4n) is 2.49. The van der Waals surface area contributed by atoms with E-state index in [9.17, 15) is 18.0 Å². The smallest absolute Gasteiger partial charge is 0.335 e. The lowest BCUT2D eigenvalue weighted by Gasteiger charge is -2.25. The van der Waals surface area contributed by atoms with E-state index in [1.54, 1.807) is 0 Å². The van der Waals surface area contributed by atoms with E-state index in [1.807, 2.05) is 0 Å². The fraction of sp³-hybridized carbons (Fsp3) is 0.278. The van der Waals surface area contributed by atoms with Crippen molar-refractivity contribution in [3.8, 4) is 5.88 Å². The highest BCUT2D eigenvalue weighted by atomic mass is 32.2. The summed E-state index contributed by atoms with van der Waals surface area (Å²) in [6, 6.07) is 6.44. The number of nitrogens with one attached hydrogen (secondary N) is 1. The highest BCUT2D eigenvalue weighted by Gasteiger charge is 2.20. The lowest BCUT2D eigenvalue weighted by Crippen LogP contribution is -2.25. The number of nitrogens with zero attached hydrogens (tertiary/aromatic N) is 1. The van der Waals surface area contributed by atoms with Crippen molar-refractivity contribution in [3.05, 3.63) is 47.7 Å². The second-order valence-electron chi connectivity index (χ2n) is 6.33. The van der Waals surface area contributed by atoms with Crippen LogP contribution >= 0.6 is 0 Å². The average Bonchev–Trinajstić information content (AvgIpc) is 2.57. The van der Waals surface area contributed by atoms with E-state index in [0.29, 0.717) is 5.88 Å². The molecule has 1 saturated carbocycles. The monoisotopic (exact) mass is 390 g/mol. The lowest BCUT2D eigenvalue weighted by atomic mass is 9.96. The van der Waals surface area contributed by atoms with Crippen LogP contribution in [-0.2, 0) is 9.84 Å². The number of amides is 1. The van der Waals surface area contributed by atoms with Gasteiger partial charge in [-0.25, -0.2) is 18.2 Å². The summed E-state index contributed by atoms with van der Waals surface area (Å²) in [5.74, 6) is -1.49. The number of hydrogen-bond acceptors (Lipinski definition) is 6. The molecule has 0 atom stereocenters. The Kier molecular flexibility index (Phi) is 5.13. The van der Waals surface area contributed by atoms with Crippen LogP contribution in [0, 0.1) is 0 Å². The van der Waals surface area contributed by atoms with Gasteiger partial charge < -0.3 is 15.2 Å². The Bertz CT molecular complexity index is 999. The van der Waals surface area contributed by atoms with Gasteiger partial charge >= 0.3 is 5.97 Å². The van der Waals surface area contributed by atoms with Gasteiger partial charge in [0.25, 0.3) is 5.91 Å². The highest BCUT2D eigenvalue weighted by molar-refractivity contribution is 7.90. The third kappa shape index (κ3) is 4.62. The zero-order valence-corrected chi connectivity index (χ0v) is 15.3. The van der Waals surface area contributed by atoms with Gasteiger partial charge in [0.2, 0.25) is 5.88 Å². The van der Waals surface area contributed by atoms with Crippen LogP contribution in [0.2, 0.25) is 0 Å². The van der Waals surface area contributed by atoms with Crippen molar-refractivity contribution < 1.29 is 27.9 Å². The number of anilines is 1. The van der Waals surface area contributed by atoms with Crippen LogP contribution in [0.5, 0.6) is 5.88 Å². The van der Waals surface area contributed by atoms with Gasteiger partial charge in [0.15, 0.2) is 9.84 Å². The summed E-state index contributed by atoms with van der Waals surface area (Å²) >= 11 is 0. The van der Waals surface area contributed by atoms with Crippen LogP contribution in [0.15, 0.2) is 41.4 Å². The van der Waals surface area contributed by atoms with Gasteiger partial charge in [-0.15, -0.1) is 0 Å². The maximum absolute atomic E-state index is 12.5. The van der Waals surface area contributed by atoms with Gasteiger partial charge in [0, 0.05) is 29.8 Å². The molecule has 0 radical (unpaired) electrons. The Morgan fingerprint density at radius 1 is 1.19 bits per heavy atom. The molecular formula is C18H18N2O6S. The van der Waals surface area contributed by atoms with E-state index in [0.717, 1.165) is 31.6 Å². The summed E-state index contributed by atoms with van der Waals surface area (Å²) in [6.45, 7) is 0. The van der Waals surface area contributed by atoms with Crippen molar-refractivity contribution in [2.24, 2.45) is 0 Å². The first-order chi connectivity index (χ1) is 12.7. The molecule has 1 fully saturated rings. The van der Waals surface area contributed by atoms with Gasteiger partial charge in [-0.05, 0) is 43.5 Å². The SMILES string of the molecule is CS(=O)(=O)c1cc(NC(=O)c2ccnc(OC3CCC3)c2)cc(C(=O)O)c1. The zero-order chi connectivity index (χ0) is 19.6. The molecule has 0 bridgehead atoms. The summed E-state index contributed by atoms with van der Waals surface area (Å²) < 4.78 is 29.2. The summed E-state index contributed by atoms with van der Waals surface area (Å²) in [5.41, 5.74) is 0.0940. The van der Waals surface area contributed by atoms with Crippen molar-refractivity contribution in [2.75, 3.05) is 11.6 Å². The Hall–Kier alpha value is -2.94. The Morgan fingerprint density at radius 3 is 2.52 bits per heavy atom. The number of carbonyl (C=O) groups is 2. The first-order valence-corrected chi connectivity index (χ1v) is 10.1. The Labute approximate surface area is 156 Å². The van der Waals surface area contributed by atoms with Crippen molar-refractivity contribution >= 4 is 27.4 Å². The average molecular weight is 390 g/mol. The quantitative estimate of drug-likeness (QED) is 0.776. The van der Waals surface area contributed by atoms with Crippen molar-refractivity contribution in [1.82, 2.24) is 4.98 Å². The largest absolute Gasteiger partial charge is 0.478 e. The molecular weight excluding hydrogens is 372 g/mol. The first kappa shape index (κ1) is 18.8. The molecule has 2 aromatic rings. The number of hydrogen-bond donors (Lipinski definition) is 2. The first-order valence-electron chi connectivity index (χ1n) is 8.25. The number of rotatable bonds is 6. The maximum atomic E-state index is 12.5. The minimum absolute atomic E-state index is 0.0681. The van der Waals surface area contributed by atoms with Crippen molar-refractivity contribution in [2.45, 2.75) is 30.3 Å². The number of aromatic carboxylic acids is 1. The molecule has 8 nitrogen and oxygen atoms in total. The molecule has 1 aromatic carbocycles. The lowest BCUT2D eigenvalue weighted by molar-refractivity contribution is 0.0696. The van der Waals surface area contributed by atoms with Gasteiger partial charge in [-0.3, -0.25) is 4.79 Å². The van der Waals surface area contributed by atoms with E-state index in [1.165, 1.54) is 30.5 Å². The molecule has 142 valence electrons. The number of benzene rings is 1. The van der Waals surface area contributed by atoms with E-state index >= 15 is 0 Å². The molecule has 1 aromatic heterocycles. The second-order valence-corrected chi connectivity index (χ2v) is 8.35. The van der Waals surface area contributed by atoms with E-state index < -0.39 is 21.7 Å². The van der Waals surface area contributed by atoms with E-state index in [4.69, 9.17) is 9.84 Å². The maximum Gasteiger partial charge on any atom is 0.335 e. The van der Waals surface area contributed by atoms with Crippen LogP contribution in [0.25, 0.3) is 0 Å². The van der Waals surface area contributed by atoms with Crippen molar-refractivity contribution in [1.29, 1.82) is 0 Å². The summed E-state index contributed by atoms with van der Waals surface area (Å²) in [4.78, 5) is 27.6. The predicted molar refractivity (Wildman–Crippen MR) is 97.0 cm³/mol. The zero-order valence-electron chi connectivity index (χ0n) is 14.5. The van der Waals surface area contributed by atoms with Gasteiger partial charge in [0.05, 0.1) is 10.5 Å². The molecule has 1 heterocycles. The highest BCUT2D eigenvalue weighted by Crippen LogP contribution is 2.25. The second kappa shape index (κ2) is 7.36. The number of carbonyl (C=O) groups excluding carboxylic acids is 1. The molecule has 9 heteroatoms. The molecule has 0 saturated heterocycles. The molecule has 3 rings (SSSR count). The molecule has 1 aliphatic carbocycles. The van der Waals surface area contributed by atoms with Crippen LogP contribution in [0.4, 0.5) is 5.69 Å². The molecule has 1 aliphatic rings. The van der Waals surface area contributed by atoms with Crippen LogP contribution in [-0.4, -0.2) is 42.7 Å². The molecule has 27 heavy (non-hydrogen) atoms. The number of carboxylic acid groups (broad SMARTS) is 1.